The number of nitrogens with two attached hydrogens (primary N) is 1. The van der Waals surface area contributed by atoms with Crippen molar-refractivity contribution < 1.29 is 19.4 Å². The van der Waals surface area contributed by atoms with E-state index in [2.05, 4.69) is 31.1 Å². The summed E-state index contributed by atoms with van der Waals surface area (Å²) >= 11 is 1.76. The Morgan fingerprint density at radius 3 is 2.06 bits per heavy atom. The van der Waals surface area contributed by atoms with Crippen LogP contribution in [0.15, 0.2) is 53.7 Å². The Bertz CT molecular complexity index is 1010. The molecule has 0 aliphatic rings. The van der Waals surface area contributed by atoms with Gasteiger partial charge in [0.05, 0.1) is 23.9 Å². The van der Waals surface area contributed by atoms with Crippen LogP contribution in [0.4, 0.5) is 0 Å². The highest BCUT2D eigenvalue weighted by molar-refractivity contribution is 7.12. The van der Waals surface area contributed by atoms with Crippen LogP contribution >= 0.6 is 11.3 Å². The minimum absolute atomic E-state index is 0.0630. The van der Waals surface area contributed by atoms with Gasteiger partial charge in [0.1, 0.15) is 24.7 Å². The molecule has 1 heterocycles. The highest BCUT2D eigenvalue weighted by Gasteiger charge is 2.14. The van der Waals surface area contributed by atoms with Gasteiger partial charge in [-0.1, -0.05) is 19.0 Å². The Morgan fingerprint density at radius 2 is 1.53 bits per heavy atom. The molecule has 3 aromatic rings. The lowest BCUT2D eigenvalue weighted by molar-refractivity contribution is 0.0764. The average Bonchev–Trinajstić information content (AvgIpc) is 3.21. The third kappa shape index (κ3) is 6.45. The summed E-state index contributed by atoms with van der Waals surface area (Å²) < 4.78 is 16.9. The Balaban J connectivity index is 1.36. The maximum absolute atomic E-state index is 8.67. The molecule has 1 aromatic heterocycles. The van der Waals surface area contributed by atoms with Crippen LogP contribution in [-0.2, 0) is 4.74 Å². The molecule has 0 amide bonds. The van der Waals surface area contributed by atoms with Crippen LogP contribution in [-0.4, -0.2) is 42.5 Å². The quantitative estimate of drug-likeness (QED) is 0.142. The first kappa shape index (κ1) is 23.6. The number of thiazole rings is 1. The smallest absolute Gasteiger partial charge is 0.170 e. The van der Waals surface area contributed by atoms with E-state index in [9.17, 15) is 0 Å². The van der Waals surface area contributed by atoms with Gasteiger partial charge in [0.25, 0.3) is 0 Å². The number of oxime groups is 1. The zero-order chi connectivity index (χ0) is 22.9. The number of hydrogen-bond donors (Lipinski definition) is 2. The molecule has 0 bridgehead atoms. The minimum atomic E-state index is 0.0630. The van der Waals surface area contributed by atoms with Gasteiger partial charge in [-0.25, -0.2) is 4.98 Å². The molecule has 0 atom stereocenters. The van der Waals surface area contributed by atoms with Crippen LogP contribution in [0.2, 0.25) is 0 Å². The number of nitrogens with zero attached hydrogens (tertiary/aromatic N) is 2. The van der Waals surface area contributed by atoms with Gasteiger partial charge in [0.15, 0.2) is 5.84 Å². The molecule has 3 N–H and O–H groups in total. The highest BCUT2D eigenvalue weighted by atomic mass is 32.1. The van der Waals surface area contributed by atoms with Gasteiger partial charge in [-0.2, -0.15) is 0 Å². The lowest BCUT2D eigenvalue weighted by Gasteiger charge is -2.10. The maximum atomic E-state index is 8.67. The summed E-state index contributed by atoms with van der Waals surface area (Å²) in [4.78, 5) is 6.01. The SMILES string of the molecule is Cc1nc(-c2ccc(OCCOCCOc3ccc(/C(N)=N/O)cc3)cc2)c(C(C)C)s1. The van der Waals surface area contributed by atoms with Gasteiger partial charge < -0.3 is 25.2 Å². The molecule has 8 heteroatoms. The first-order valence-corrected chi connectivity index (χ1v) is 11.3. The number of amidine groups is 1. The first-order valence-electron chi connectivity index (χ1n) is 10.5. The summed E-state index contributed by atoms with van der Waals surface area (Å²) in [5.41, 5.74) is 8.34. The van der Waals surface area contributed by atoms with E-state index in [1.54, 1.807) is 35.6 Å². The molecule has 0 aliphatic carbocycles. The van der Waals surface area contributed by atoms with Gasteiger partial charge >= 0.3 is 0 Å². The minimum Gasteiger partial charge on any atom is -0.491 e. The van der Waals surface area contributed by atoms with Crippen LogP contribution in [0, 0.1) is 6.92 Å². The van der Waals surface area contributed by atoms with Gasteiger partial charge in [-0.05, 0) is 61.4 Å². The number of rotatable bonds is 11. The van der Waals surface area contributed by atoms with E-state index < -0.39 is 0 Å². The van der Waals surface area contributed by atoms with Gasteiger partial charge in [-0.15, -0.1) is 11.3 Å². The summed E-state index contributed by atoms with van der Waals surface area (Å²) in [6, 6.07) is 15.0. The fourth-order valence-corrected chi connectivity index (χ4v) is 4.02. The molecule has 7 nitrogen and oxygen atoms in total. The fraction of sp³-hybridized carbons (Fsp3) is 0.333. The molecule has 0 saturated heterocycles. The first-order chi connectivity index (χ1) is 15.5. The molecule has 170 valence electrons. The highest BCUT2D eigenvalue weighted by Crippen LogP contribution is 2.34. The molecule has 2 aromatic carbocycles. The molecule has 3 rings (SSSR count). The lowest BCUT2D eigenvalue weighted by atomic mass is 10.1. The van der Waals surface area contributed by atoms with Gasteiger partial charge in [0, 0.05) is 16.0 Å². The third-order valence-corrected chi connectivity index (χ3v) is 5.93. The van der Waals surface area contributed by atoms with E-state index in [0.29, 0.717) is 43.7 Å². The van der Waals surface area contributed by atoms with Crippen molar-refractivity contribution in [1.29, 1.82) is 0 Å². The van der Waals surface area contributed by atoms with Crippen molar-refractivity contribution in [3.8, 4) is 22.8 Å². The second-order valence-electron chi connectivity index (χ2n) is 7.44. The van der Waals surface area contributed by atoms with Crippen molar-refractivity contribution in [2.75, 3.05) is 26.4 Å². The predicted molar refractivity (Wildman–Crippen MR) is 127 cm³/mol. The Kier molecular flexibility index (Phi) is 8.47. The summed E-state index contributed by atoms with van der Waals surface area (Å²) in [7, 11) is 0. The molecular weight excluding hydrogens is 426 g/mol. The summed E-state index contributed by atoms with van der Waals surface area (Å²) in [5, 5.41) is 12.7. The topological polar surface area (TPSA) is 99.2 Å². The molecule has 32 heavy (non-hydrogen) atoms. The third-order valence-electron chi connectivity index (χ3n) is 4.66. The van der Waals surface area contributed by atoms with Crippen LogP contribution < -0.4 is 15.2 Å². The fourth-order valence-electron chi connectivity index (χ4n) is 3.07. The monoisotopic (exact) mass is 455 g/mol. The molecular formula is C24H29N3O4S. The van der Waals surface area contributed by atoms with E-state index in [-0.39, 0.29) is 5.84 Å². The number of benzene rings is 2. The van der Waals surface area contributed by atoms with Crippen molar-refractivity contribution in [3.05, 3.63) is 64.0 Å². The van der Waals surface area contributed by atoms with Gasteiger partial charge in [0.2, 0.25) is 0 Å². The second-order valence-corrected chi connectivity index (χ2v) is 8.68. The van der Waals surface area contributed by atoms with Gasteiger partial charge in [-0.3, -0.25) is 0 Å². The largest absolute Gasteiger partial charge is 0.491 e. The second kappa shape index (κ2) is 11.5. The van der Waals surface area contributed by atoms with Crippen LogP contribution in [0.1, 0.15) is 35.2 Å². The molecule has 0 unspecified atom stereocenters. The van der Waals surface area contributed by atoms with E-state index in [1.807, 2.05) is 19.1 Å². The average molecular weight is 456 g/mol. The molecule has 0 aliphatic heterocycles. The van der Waals surface area contributed by atoms with E-state index in [0.717, 1.165) is 22.0 Å². The summed E-state index contributed by atoms with van der Waals surface area (Å²) in [5.74, 6) is 2.01. The van der Waals surface area contributed by atoms with E-state index >= 15 is 0 Å². The molecule has 0 saturated carbocycles. The molecule has 0 fully saturated rings. The summed E-state index contributed by atoms with van der Waals surface area (Å²) in [6.07, 6.45) is 0. The van der Waals surface area contributed by atoms with Crippen LogP contribution in [0.25, 0.3) is 11.3 Å². The van der Waals surface area contributed by atoms with Crippen LogP contribution in [0.3, 0.4) is 0 Å². The Morgan fingerprint density at radius 1 is 0.969 bits per heavy atom. The normalized spacial score (nSPS) is 11.7. The molecule has 0 spiro atoms. The van der Waals surface area contributed by atoms with E-state index in [1.165, 1.54) is 4.88 Å². The van der Waals surface area contributed by atoms with E-state index in [4.69, 9.17) is 30.1 Å². The lowest BCUT2D eigenvalue weighted by Crippen LogP contribution is -2.13. The van der Waals surface area contributed by atoms with Crippen molar-refractivity contribution in [2.45, 2.75) is 26.7 Å². The number of hydrogen-bond acceptors (Lipinski definition) is 7. The Labute approximate surface area is 192 Å². The van der Waals surface area contributed by atoms with Crippen LogP contribution in [0.5, 0.6) is 11.5 Å². The zero-order valence-corrected chi connectivity index (χ0v) is 19.4. The number of aromatic nitrogens is 1. The van der Waals surface area contributed by atoms with Crippen molar-refractivity contribution >= 4 is 17.2 Å². The zero-order valence-electron chi connectivity index (χ0n) is 18.6. The Hall–Kier alpha value is -3.10. The summed E-state index contributed by atoms with van der Waals surface area (Å²) in [6.45, 7) is 8.23. The number of ether oxygens (including phenoxy) is 3. The van der Waals surface area contributed by atoms with Crippen molar-refractivity contribution in [1.82, 2.24) is 4.98 Å². The van der Waals surface area contributed by atoms with Crippen molar-refractivity contribution in [3.63, 3.8) is 0 Å². The predicted octanol–water partition coefficient (Wildman–Crippen LogP) is 4.81. The standard InChI is InChI=1S/C24H29N3O4S/c1-16(2)23-22(26-17(3)32-23)18-4-8-20(9-5-18)30-14-12-29-13-15-31-21-10-6-19(7-11-21)24(25)27-28/h4-11,16,28H,12-15H2,1-3H3,(H2,25,27). The molecule has 0 radical (unpaired) electrons. The maximum Gasteiger partial charge on any atom is 0.170 e. The number of aryl methyl sites for hydroxylation is 1. The van der Waals surface area contributed by atoms with Crippen molar-refractivity contribution in [2.24, 2.45) is 10.9 Å².